The number of halogens is 1. The van der Waals surface area contributed by atoms with Crippen LogP contribution in [0, 0.1) is 5.82 Å². The summed E-state index contributed by atoms with van der Waals surface area (Å²) in [4.78, 5) is 35.2. The van der Waals surface area contributed by atoms with E-state index in [9.17, 15) is 14.0 Å². The molecule has 1 aliphatic heterocycles. The highest BCUT2D eigenvalue weighted by Crippen LogP contribution is 2.27. The third-order valence-corrected chi connectivity index (χ3v) is 6.80. The molecule has 0 spiro atoms. The molecule has 1 N–H and O–H groups in total. The van der Waals surface area contributed by atoms with E-state index in [1.54, 1.807) is 16.8 Å². The number of carbonyl (C=O) groups excluding carboxylic acids is 1. The number of likely N-dealkylation sites (tertiary alicyclic amines) is 1. The normalized spacial score (nSPS) is 14.9. The van der Waals surface area contributed by atoms with Gasteiger partial charge in [-0.3, -0.25) is 9.59 Å². The topological polar surface area (TPSA) is 96.8 Å². The molecule has 0 unspecified atom stereocenters. The highest BCUT2D eigenvalue weighted by atomic mass is 19.1. The van der Waals surface area contributed by atoms with Crippen molar-refractivity contribution >= 4 is 17.1 Å². The molecule has 0 atom stereocenters. The molecule has 1 aliphatic rings. The maximum Gasteiger partial charge on any atom is 0.281 e. The summed E-state index contributed by atoms with van der Waals surface area (Å²) in [5.74, 6) is 0.304. The Morgan fingerprint density at radius 1 is 1.06 bits per heavy atom. The number of hydrogen-bond donors (Lipinski definition) is 1. The zero-order chi connectivity index (χ0) is 25.4. The van der Waals surface area contributed by atoms with E-state index in [-0.39, 0.29) is 34.1 Å². The van der Waals surface area contributed by atoms with Crippen molar-refractivity contribution in [2.75, 3.05) is 13.1 Å². The van der Waals surface area contributed by atoms with E-state index < -0.39 is 0 Å². The second-order valence-corrected chi connectivity index (χ2v) is 10.4. The van der Waals surface area contributed by atoms with Crippen LogP contribution in [0.3, 0.4) is 0 Å². The number of benzene rings is 2. The Kier molecular flexibility index (Phi) is 6.15. The van der Waals surface area contributed by atoms with Gasteiger partial charge in [-0.2, -0.15) is 0 Å². The summed E-state index contributed by atoms with van der Waals surface area (Å²) in [5, 5.41) is 8.08. The molecule has 1 fully saturated rings. The van der Waals surface area contributed by atoms with E-state index in [1.165, 1.54) is 17.7 Å². The quantitative estimate of drug-likeness (QED) is 0.468. The summed E-state index contributed by atoms with van der Waals surface area (Å²) in [6.07, 6.45) is 1.39. The molecule has 0 radical (unpaired) electrons. The number of piperidine rings is 1. The van der Waals surface area contributed by atoms with Crippen molar-refractivity contribution in [2.45, 2.75) is 51.5 Å². The SMILES string of the molecule is CC(C)(C)c1ccc(C(=O)N2CCC(c3nc4c(nnn4Cc4ccc(F)cc4)c(=O)[nH]3)CC2)cc1. The molecular formula is C27H29FN6O2. The minimum absolute atomic E-state index is 0.0172. The van der Waals surface area contributed by atoms with Gasteiger partial charge in [-0.1, -0.05) is 50.3 Å². The second-order valence-electron chi connectivity index (χ2n) is 10.4. The van der Waals surface area contributed by atoms with Crippen molar-refractivity contribution in [3.8, 4) is 0 Å². The highest BCUT2D eigenvalue weighted by molar-refractivity contribution is 5.94. The van der Waals surface area contributed by atoms with Crippen LogP contribution >= 0.6 is 0 Å². The first kappa shape index (κ1) is 23.8. The average molecular weight is 489 g/mol. The van der Waals surface area contributed by atoms with Crippen LogP contribution in [-0.4, -0.2) is 48.9 Å². The van der Waals surface area contributed by atoms with Gasteiger partial charge in [-0.25, -0.2) is 14.1 Å². The Hall–Kier alpha value is -3.88. The molecule has 2 aromatic carbocycles. The van der Waals surface area contributed by atoms with E-state index >= 15 is 0 Å². The summed E-state index contributed by atoms with van der Waals surface area (Å²) in [6, 6.07) is 13.9. The minimum atomic E-state index is -0.335. The van der Waals surface area contributed by atoms with Crippen LogP contribution in [0.4, 0.5) is 4.39 Å². The number of nitrogens with one attached hydrogen (secondary N) is 1. The molecule has 9 heteroatoms. The number of nitrogens with zero attached hydrogens (tertiary/aromatic N) is 5. The van der Waals surface area contributed by atoms with E-state index in [0.29, 0.717) is 49.5 Å². The third kappa shape index (κ3) is 4.78. The average Bonchev–Trinajstić information content (AvgIpc) is 3.28. The monoisotopic (exact) mass is 488 g/mol. The number of amides is 1. The number of rotatable bonds is 4. The Balaban J connectivity index is 1.30. The fourth-order valence-corrected chi connectivity index (χ4v) is 4.60. The molecule has 8 nitrogen and oxygen atoms in total. The van der Waals surface area contributed by atoms with Crippen molar-refractivity contribution in [1.82, 2.24) is 29.9 Å². The van der Waals surface area contributed by atoms with Gasteiger partial charge >= 0.3 is 0 Å². The van der Waals surface area contributed by atoms with Gasteiger partial charge in [0.25, 0.3) is 11.5 Å². The second kappa shape index (κ2) is 9.29. The zero-order valence-corrected chi connectivity index (χ0v) is 20.7. The van der Waals surface area contributed by atoms with Crippen LogP contribution in [0.5, 0.6) is 0 Å². The smallest absolute Gasteiger partial charge is 0.281 e. The van der Waals surface area contributed by atoms with Crippen molar-refractivity contribution in [1.29, 1.82) is 0 Å². The van der Waals surface area contributed by atoms with Crippen molar-refractivity contribution in [3.63, 3.8) is 0 Å². The van der Waals surface area contributed by atoms with E-state index in [2.05, 4.69) is 36.1 Å². The lowest BCUT2D eigenvalue weighted by Crippen LogP contribution is -2.38. The van der Waals surface area contributed by atoms with E-state index in [1.807, 2.05) is 29.2 Å². The molecule has 186 valence electrons. The number of fused-ring (bicyclic) bond motifs is 1. The summed E-state index contributed by atoms with van der Waals surface area (Å²) in [6.45, 7) is 7.94. The van der Waals surface area contributed by atoms with E-state index in [4.69, 9.17) is 4.98 Å². The lowest BCUT2D eigenvalue weighted by molar-refractivity contribution is 0.0711. The molecule has 1 saturated heterocycles. The fourth-order valence-electron chi connectivity index (χ4n) is 4.60. The molecule has 1 amide bonds. The van der Waals surface area contributed by atoms with Crippen molar-refractivity contribution < 1.29 is 9.18 Å². The number of aromatic nitrogens is 5. The van der Waals surface area contributed by atoms with E-state index in [0.717, 1.165) is 5.56 Å². The Morgan fingerprint density at radius 3 is 2.36 bits per heavy atom. The van der Waals surface area contributed by atoms with Gasteiger partial charge in [0.2, 0.25) is 0 Å². The van der Waals surface area contributed by atoms with Gasteiger partial charge in [0.15, 0.2) is 11.2 Å². The maximum absolute atomic E-state index is 13.2. The predicted octanol–water partition coefficient (Wildman–Crippen LogP) is 4.02. The molecule has 36 heavy (non-hydrogen) atoms. The van der Waals surface area contributed by atoms with Gasteiger partial charge < -0.3 is 9.88 Å². The summed E-state index contributed by atoms with van der Waals surface area (Å²) in [5.41, 5.74) is 2.98. The number of H-pyrrole nitrogens is 1. The van der Waals surface area contributed by atoms with Gasteiger partial charge in [0, 0.05) is 24.6 Å². The molecule has 0 aliphatic carbocycles. The third-order valence-electron chi connectivity index (χ3n) is 6.80. The van der Waals surface area contributed by atoms with Crippen LogP contribution in [-0.2, 0) is 12.0 Å². The Bertz CT molecular complexity index is 1440. The molecule has 4 aromatic rings. The largest absolute Gasteiger partial charge is 0.339 e. The van der Waals surface area contributed by atoms with Gasteiger partial charge in [-0.15, -0.1) is 5.10 Å². The molecule has 3 heterocycles. The van der Waals surface area contributed by atoms with Crippen LogP contribution in [0.2, 0.25) is 0 Å². The summed E-state index contributed by atoms with van der Waals surface area (Å²) in [7, 11) is 0. The maximum atomic E-state index is 13.2. The molecular weight excluding hydrogens is 459 g/mol. The van der Waals surface area contributed by atoms with Crippen LogP contribution in [0.15, 0.2) is 53.3 Å². The molecule has 0 saturated carbocycles. The minimum Gasteiger partial charge on any atom is -0.339 e. The lowest BCUT2D eigenvalue weighted by atomic mass is 9.86. The highest BCUT2D eigenvalue weighted by Gasteiger charge is 2.27. The van der Waals surface area contributed by atoms with Gasteiger partial charge in [0.05, 0.1) is 6.54 Å². The fraction of sp³-hybridized carbons (Fsp3) is 0.370. The van der Waals surface area contributed by atoms with Crippen LogP contribution in [0.1, 0.15) is 66.8 Å². The van der Waals surface area contributed by atoms with Gasteiger partial charge in [-0.05, 0) is 53.6 Å². The predicted molar refractivity (Wildman–Crippen MR) is 134 cm³/mol. The van der Waals surface area contributed by atoms with Crippen molar-refractivity contribution in [2.24, 2.45) is 0 Å². The molecule has 0 bridgehead atoms. The van der Waals surface area contributed by atoms with Crippen molar-refractivity contribution in [3.05, 3.63) is 87.2 Å². The Labute approximate surface area is 208 Å². The first-order valence-electron chi connectivity index (χ1n) is 12.2. The number of carbonyl (C=O) groups is 1. The first-order valence-corrected chi connectivity index (χ1v) is 12.2. The van der Waals surface area contributed by atoms with Crippen LogP contribution < -0.4 is 5.56 Å². The first-order chi connectivity index (χ1) is 17.2. The Morgan fingerprint density at radius 2 is 1.72 bits per heavy atom. The summed E-state index contributed by atoms with van der Waals surface area (Å²) >= 11 is 0. The van der Waals surface area contributed by atoms with Crippen LogP contribution in [0.25, 0.3) is 11.2 Å². The molecule has 2 aromatic heterocycles. The number of aromatic amines is 1. The summed E-state index contributed by atoms with van der Waals surface area (Å²) < 4.78 is 14.8. The standard InChI is InChI=1S/C27H29FN6O2/c1-27(2,3)20-8-6-19(7-9-20)26(36)33-14-12-18(13-15-33)23-29-24-22(25(35)30-23)31-32-34(24)16-17-4-10-21(28)11-5-17/h4-11,18H,12-16H2,1-3H3,(H,29,30,35). The number of hydrogen-bond acceptors (Lipinski definition) is 5. The zero-order valence-electron chi connectivity index (χ0n) is 20.7. The molecule has 5 rings (SSSR count). The lowest BCUT2D eigenvalue weighted by Gasteiger charge is -2.31. The van der Waals surface area contributed by atoms with Gasteiger partial charge in [0.1, 0.15) is 11.6 Å².